The number of carboxylic acids is 1. The molecule has 3 aromatic rings. The molecule has 0 saturated heterocycles. The summed E-state index contributed by atoms with van der Waals surface area (Å²) in [4.78, 5) is 16.1. The fourth-order valence-electron chi connectivity index (χ4n) is 3.83. The Labute approximate surface area is 178 Å². The number of nitrogens with one attached hydrogen (secondary N) is 1. The highest BCUT2D eigenvalue weighted by Crippen LogP contribution is 2.34. The first-order valence-electron chi connectivity index (χ1n) is 9.85. The van der Waals surface area contributed by atoms with Crippen molar-refractivity contribution in [2.45, 2.75) is 32.2 Å². The number of aromatic nitrogens is 3. The lowest BCUT2D eigenvalue weighted by molar-refractivity contribution is 0.0681. The van der Waals surface area contributed by atoms with E-state index in [1.54, 1.807) is 10.9 Å². The smallest absolute Gasteiger partial charge is 0.354 e. The minimum absolute atomic E-state index is 0.331. The van der Waals surface area contributed by atoms with Crippen LogP contribution in [0.2, 0.25) is 0 Å². The Morgan fingerprint density at radius 2 is 2.00 bits per heavy atom. The lowest BCUT2D eigenvalue weighted by Gasteiger charge is -2.14. The third-order valence-corrected chi connectivity index (χ3v) is 5.81. The molecule has 0 aliphatic heterocycles. The molecule has 0 spiro atoms. The van der Waals surface area contributed by atoms with Gasteiger partial charge in [-0.2, -0.15) is 5.10 Å². The van der Waals surface area contributed by atoms with E-state index in [-0.39, 0.29) is 0 Å². The Morgan fingerprint density at radius 1 is 1.17 bits per heavy atom. The lowest BCUT2D eigenvalue weighted by atomic mass is 9.90. The molecule has 2 aromatic heterocycles. The molecule has 0 saturated carbocycles. The number of rotatable bonds is 8. The van der Waals surface area contributed by atoms with Crippen LogP contribution in [0.25, 0.3) is 11.3 Å². The van der Waals surface area contributed by atoms with Gasteiger partial charge in [-0.1, -0.05) is 28.1 Å². The predicted octanol–water partition coefficient (Wildman–Crippen LogP) is 3.73. The highest BCUT2D eigenvalue weighted by molar-refractivity contribution is 9.10. The van der Waals surface area contributed by atoms with Crippen LogP contribution in [0.1, 0.15) is 33.6 Å². The number of halogens is 1. The van der Waals surface area contributed by atoms with Crippen molar-refractivity contribution >= 4 is 21.9 Å². The maximum Gasteiger partial charge on any atom is 0.354 e. The second-order valence-electron chi connectivity index (χ2n) is 7.22. The Kier molecular flexibility index (Phi) is 6.06. The molecule has 0 bridgehead atoms. The van der Waals surface area contributed by atoms with Gasteiger partial charge in [0.1, 0.15) is 5.69 Å². The van der Waals surface area contributed by atoms with E-state index < -0.39 is 5.97 Å². The summed E-state index contributed by atoms with van der Waals surface area (Å²) in [5.74, 6) is -0.903. The molecule has 2 heterocycles. The maximum absolute atomic E-state index is 11.9. The molecule has 150 valence electrons. The fraction of sp³-hybridized carbons (Fsp3) is 0.318. The number of carbonyl (C=O) groups is 1. The molecular formula is C22H23BrN4O2. The number of pyridine rings is 1. The van der Waals surface area contributed by atoms with Gasteiger partial charge in [-0.05, 0) is 68.1 Å². The molecule has 1 aromatic carbocycles. The number of fused-ring (bicyclic) bond motifs is 3. The molecule has 0 amide bonds. The minimum atomic E-state index is -0.903. The zero-order valence-corrected chi connectivity index (χ0v) is 17.7. The minimum Gasteiger partial charge on any atom is -0.477 e. The standard InChI is InChI=1S/C22H23BrN4O2/c23-17-5-2-15(3-6-17)8-11-24-10-1-13-27-21(22(28)29)19-7-4-16-14-25-12-9-18(16)20(19)26-27/h2-3,5-6,9,12,14,24H,1,4,7-8,10-11,13H2,(H,28,29). The van der Waals surface area contributed by atoms with Crippen LogP contribution >= 0.6 is 15.9 Å². The van der Waals surface area contributed by atoms with E-state index in [4.69, 9.17) is 0 Å². The van der Waals surface area contributed by atoms with Crippen molar-refractivity contribution in [3.63, 3.8) is 0 Å². The average Bonchev–Trinajstić information content (AvgIpc) is 3.11. The second kappa shape index (κ2) is 8.88. The summed E-state index contributed by atoms with van der Waals surface area (Å²) in [6.07, 6.45) is 6.88. The van der Waals surface area contributed by atoms with Crippen molar-refractivity contribution in [2.75, 3.05) is 13.1 Å². The topological polar surface area (TPSA) is 80.0 Å². The van der Waals surface area contributed by atoms with E-state index in [1.807, 2.05) is 12.3 Å². The predicted molar refractivity (Wildman–Crippen MR) is 115 cm³/mol. The van der Waals surface area contributed by atoms with Crippen molar-refractivity contribution in [1.29, 1.82) is 0 Å². The van der Waals surface area contributed by atoms with Gasteiger partial charge in [0.15, 0.2) is 0 Å². The van der Waals surface area contributed by atoms with Crippen molar-refractivity contribution < 1.29 is 9.90 Å². The Balaban J connectivity index is 1.36. The van der Waals surface area contributed by atoms with Crippen molar-refractivity contribution in [3.05, 3.63) is 69.6 Å². The summed E-state index contributed by atoms with van der Waals surface area (Å²) < 4.78 is 2.75. The molecule has 6 nitrogen and oxygen atoms in total. The van der Waals surface area contributed by atoms with E-state index >= 15 is 0 Å². The molecule has 0 radical (unpaired) electrons. The quantitative estimate of drug-likeness (QED) is 0.506. The summed E-state index contributed by atoms with van der Waals surface area (Å²) in [5, 5.41) is 17.9. The first kappa shape index (κ1) is 19.8. The van der Waals surface area contributed by atoms with Crippen LogP contribution in [0.4, 0.5) is 0 Å². The van der Waals surface area contributed by atoms with Crippen molar-refractivity contribution in [1.82, 2.24) is 20.1 Å². The molecule has 2 N–H and O–H groups in total. The van der Waals surface area contributed by atoms with E-state index in [0.29, 0.717) is 18.7 Å². The largest absolute Gasteiger partial charge is 0.477 e. The lowest BCUT2D eigenvalue weighted by Crippen LogP contribution is -2.21. The molecule has 29 heavy (non-hydrogen) atoms. The Bertz CT molecular complexity index is 1010. The number of benzene rings is 1. The number of hydrogen-bond donors (Lipinski definition) is 2. The van der Waals surface area contributed by atoms with Crippen molar-refractivity contribution in [2.24, 2.45) is 0 Å². The van der Waals surface area contributed by atoms with Crippen LogP contribution in [-0.2, 0) is 25.8 Å². The molecule has 4 rings (SSSR count). The van der Waals surface area contributed by atoms with E-state index in [0.717, 1.165) is 59.2 Å². The van der Waals surface area contributed by atoms with Crippen molar-refractivity contribution in [3.8, 4) is 11.3 Å². The van der Waals surface area contributed by atoms with Gasteiger partial charge in [-0.3, -0.25) is 9.67 Å². The van der Waals surface area contributed by atoms with Gasteiger partial charge in [0.05, 0.1) is 5.69 Å². The van der Waals surface area contributed by atoms with E-state index in [1.165, 1.54) is 5.56 Å². The van der Waals surface area contributed by atoms with Crippen LogP contribution < -0.4 is 5.32 Å². The molecule has 0 atom stereocenters. The van der Waals surface area contributed by atoms with E-state index in [2.05, 4.69) is 55.6 Å². The van der Waals surface area contributed by atoms with Gasteiger partial charge in [0.25, 0.3) is 0 Å². The number of nitrogens with zero attached hydrogens (tertiary/aromatic N) is 3. The molecule has 7 heteroatoms. The zero-order chi connectivity index (χ0) is 20.2. The summed E-state index contributed by atoms with van der Waals surface area (Å²) in [7, 11) is 0. The highest BCUT2D eigenvalue weighted by atomic mass is 79.9. The number of carboxylic acid groups (broad SMARTS) is 1. The van der Waals surface area contributed by atoms with Crippen LogP contribution in [0.15, 0.2) is 47.2 Å². The molecule has 0 fully saturated rings. The molecular weight excluding hydrogens is 432 g/mol. The van der Waals surface area contributed by atoms with Crippen LogP contribution in [0.3, 0.4) is 0 Å². The summed E-state index contributed by atoms with van der Waals surface area (Å²) >= 11 is 3.45. The van der Waals surface area contributed by atoms with Gasteiger partial charge < -0.3 is 10.4 Å². The van der Waals surface area contributed by atoms with Crippen LogP contribution in [-0.4, -0.2) is 38.9 Å². The third kappa shape index (κ3) is 4.41. The van der Waals surface area contributed by atoms with Crippen LogP contribution in [0, 0.1) is 0 Å². The van der Waals surface area contributed by atoms with Gasteiger partial charge in [0, 0.05) is 34.5 Å². The molecule has 1 aliphatic carbocycles. The van der Waals surface area contributed by atoms with Gasteiger partial charge >= 0.3 is 5.97 Å². The van der Waals surface area contributed by atoms with E-state index in [9.17, 15) is 9.90 Å². The summed E-state index contributed by atoms with van der Waals surface area (Å²) in [6.45, 7) is 2.30. The molecule has 1 aliphatic rings. The maximum atomic E-state index is 11.9. The zero-order valence-electron chi connectivity index (χ0n) is 16.1. The van der Waals surface area contributed by atoms with Crippen LogP contribution in [0.5, 0.6) is 0 Å². The monoisotopic (exact) mass is 454 g/mol. The number of hydrogen-bond acceptors (Lipinski definition) is 4. The summed E-state index contributed by atoms with van der Waals surface area (Å²) in [6, 6.07) is 10.3. The van der Waals surface area contributed by atoms with Gasteiger partial charge in [0.2, 0.25) is 0 Å². The molecule has 0 unspecified atom stereocenters. The average molecular weight is 455 g/mol. The SMILES string of the molecule is O=C(O)c1c2c(nn1CCCNCCc1ccc(Br)cc1)-c1ccncc1CC2. The highest BCUT2D eigenvalue weighted by Gasteiger charge is 2.27. The first-order chi connectivity index (χ1) is 14.1. The first-order valence-corrected chi connectivity index (χ1v) is 10.6. The number of aromatic carboxylic acids is 1. The van der Waals surface area contributed by atoms with Gasteiger partial charge in [-0.25, -0.2) is 4.79 Å². The third-order valence-electron chi connectivity index (χ3n) is 5.28. The number of aryl methyl sites for hydroxylation is 2. The Hall–Kier alpha value is -2.51. The second-order valence-corrected chi connectivity index (χ2v) is 8.13. The fourth-order valence-corrected chi connectivity index (χ4v) is 4.10. The Morgan fingerprint density at radius 3 is 2.79 bits per heavy atom. The normalized spacial score (nSPS) is 12.4. The van der Waals surface area contributed by atoms with Gasteiger partial charge in [-0.15, -0.1) is 0 Å². The summed E-state index contributed by atoms with van der Waals surface area (Å²) in [5.41, 5.74) is 5.42.